The first-order valence-corrected chi connectivity index (χ1v) is 10.7. The van der Waals surface area contributed by atoms with Crippen LogP contribution in [0.2, 0.25) is 0 Å². The van der Waals surface area contributed by atoms with Gasteiger partial charge in [-0.25, -0.2) is 4.79 Å². The zero-order valence-corrected chi connectivity index (χ0v) is 18.4. The van der Waals surface area contributed by atoms with Crippen molar-refractivity contribution < 1.29 is 23.9 Å². The molecule has 2 aromatic rings. The molecular weight excluding hydrogens is 410 g/mol. The summed E-state index contributed by atoms with van der Waals surface area (Å²) in [6, 6.07) is 18.0. The van der Waals surface area contributed by atoms with Crippen molar-refractivity contribution in [2.45, 2.75) is 26.0 Å². The zero-order chi connectivity index (χ0) is 22.9. The Hall–Kier alpha value is -3.55. The zero-order valence-electron chi connectivity index (χ0n) is 18.4. The molecule has 0 saturated carbocycles. The molecule has 1 aliphatic heterocycles. The molecule has 1 N–H and O–H groups in total. The monoisotopic (exact) mass is 439 g/mol. The lowest BCUT2D eigenvalue weighted by atomic mass is 10.2. The summed E-state index contributed by atoms with van der Waals surface area (Å²) in [5.74, 6) is -0.794. The van der Waals surface area contributed by atoms with Crippen molar-refractivity contribution in [2.75, 3.05) is 37.7 Å². The lowest BCUT2D eigenvalue weighted by Gasteiger charge is -2.37. The van der Waals surface area contributed by atoms with Crippen LogP contribution in [0.15, 0.2) is 60.7 Å². The van der Waals surface area contributed by atoms with Gasteiger partial charge in [-0.05, 0) is 38.1 Å². The summed E-state index contributed by atoms with van der Waals surface area (Å²) >= 11 is 0. The highest BCUT2D eigenvalue weighted by molar-refractivity contribution is 5.88. The molecule has 1 fully saturated rings. The average molecular weight is 440 g/mol. The van der Waals surface area contributed by atoms with Crippen molar-refractivity contribution >= 4 is 23.5 Å². The first-order chi connectivity index (χ1) is 15.4. The van der Waals surface area contributed by atoms with Crippen LogP contribution in [0.5, 0.6) is 5.75 Å². The van der Waals surface area contributed by atoms with Gasteiger partial charge in [0.1, 0.15) is 11.8 Å². The number of rotatable bonds is 8. The van der Waals surface area contributed by atoms with E-state index in [1.54, 1.807) is 36.1 Å². The number of para-hydroxylation sites is 2. The lowest BCUT2D eigenvalue weighted by molar-refractivity contribution is -0.161. The van der Waals surface area contributed by atoms with Crippen LogP contribution in [0.1, 0.15) is 13.8 Å². The van der Waals surface area contributed by atoms with E-state index in [1.807, 2.05) is 36.4 Å². The molecule has 0 bridgehead atoms. The normalized spacial score (nSPS) is 15.4. The van der Waals surface area contributed by atoms with E-state index in [1.165, 1.54) is 6.92 Å². The fraction of sp³-hybridized carbons (Fsp3) is 0.375. The highest BCUT2D eigenvalue weighted by Gasteiger charge is 2.29. The molecular formula is C24H29N3O5. The van der Waals surface area contributed by atoms with E-state index < -0.39 is 24.0 Å². The molecule has 0 radical (unpaired) electrons. The van der Waals surface area contributed by atoms with Crippen molar-refractivity contribution in [1.29, 1.82) is 0 Å². The lowest BCUT2D eigenvalue weighted by Crippen LogP contribution is -2.52. The van der Waals surface area contributed by atoms with Crippen LogP contribution in [0.3, 0.4) is 0 Å². The number of carbonyl (C=O) groups is 3. The van der Waals surface area contributed by atoms with Crippen LogP contribution in [0, 0.1) is 0 Å². The maximum atomic E-state index is 12.7. The highest BCUT2D eigenvalue weighted by Crippen LogP contribution is 2.16. The van der Waals surface area contributed by atoms with E-state index in [2.05, 4.69) is 10.2 Å². The van der Waals surface area contributed by atoms with Gasteiger partial charge in [0.15, 0.2) is 12.7 Å². The van der Waals surface area contributed by atoms with Crippen molar-refractivity contribution in [1.82, 2.24) is 10.2 Å². The number of ether oxygens (including phenoxy) is 2. The molecule has 1 aliphatic rings. The predicted octanol–water partition coefficient (Wildman–Crippen LogP) is 1.85. The van der Waals surface area contributed by atoms with Crippen molar-refractivity contribution in [3.05, 3.63) is 60.7 Å². The van der Waals surface area contributed by atoms with Gasteiger partial charge in [-0.2, -0.15) is 0 Å². The van der Waals surface area contributed by atoms with Crippen molar-refractivity contribution in [2.24, 2.45) is 0 Å². The molecule has 0 spiro atoms. The maximum Gasteiger partial charge on any atom is 0.329 e. The average Bonchev–Trinajstić information content (AvgIpc) is 2.83. The summed E-state index contributed by atoms with van der Waals surface area (Å²) in [6.07, 6.45) is -0.925. The molecule has 170 valence electrons. The first-order valence-electron chi connectivity index (χ1n) is 10.7. The van der Waals surface area contributed by atoms with Crippen molar-refractivity contribution in [3.8, 4) is 5.75 Å². The summed E-state index contributed by atoms with van der Waals surface area (Å²) in [7, 11) is 0. The first kappa shape index (κ1) is 23.1. The second kappa shape index (κ2) is 11.2. The standard InChI is InChI=1S/C24H29N3O5/c1-18(25-22(28)17-31-21-11-7-4-8-12-21)24(30)32-19(2)23(29)27-15-13-26(14-16-27)20-9-5-3-6-10-20/h3-12,18-19H,13-17H2,1-2H3,(H,25,28)/t18-,19-/m1/s1. The highest BCUT2D eigenvalue weighted by atomic mass is 16.5. The minimum Gasteiger partial charge on any atom is -0.484 e. The molecule has 1 saturated heterocycles. The number of amides is 2. The van der Waals surface area contributed by atoms with Crippen LogP contribution in [0.25, 0.3) is 0 Å². The maximum absolute atomic E-state index is 12.7. The topological polar surface area (TPSA) is 88.2 Å². The third-order valence-electron chi connectivity index (χ3n) is 5.20. The SMILES string of the molecule is C[C@@H](NC(=O)COc1ccccc1)C(=O)O[C@H](C)C(=O)N1CCN(c2ccccc2)CC1. The van der Waals surface area contributed by atoms with Gasteiger partial charge in [0.05, 0.1) is 0 Å². The molecule has 0 aliphatic carbocycles. The molecule has 1 heterocycles. The van der Waals surface area contributed by atoms with Gasteiger partial charge in [0, 0.05) is 31.9 Å². The molecule has 0 unspecified atom stereocenters. The molecule has 32 heavy (non-hydrogen) atoms. The summed E-state index contributed by atoms with van der Waals surface area (Å²) in [5.41, 5.74) is 1.12. The van der Waals surface area contributed by atoms with Gasteiger partial charge in [-0.15, -0.1) is 0 Å². The Morgan fingerprint density at radius 3 is 2.12 bits per heavy atom. The predicted molar refractivity (Wildman–Crippen MR) is 120 cm³/mol. The second-order valence-corrected chi connectivity index (χ2v) is 7.62. The van der Waals surface area contributed by atoms with Crippen LogP contribution >= 0.6 is 0 Å². The largest absolute Gasteiger partial charge is 0.484 e. The fourth-order valence-electron chi connectivity index (χ4n) is 3.42. The molecule has 8 heteroatoms. The van der Waals surface area contributed by atoms with Crippen LogP contribution in [-0.4, -0.2) is 67.6 Å². The number of hydrogen-bond donors (Lipinski definition) is 1. The Kier molecular flexibility index (Phi) is 8.08. The van der Waals surface area contributed by atoms with E-state index in [9.17, 15) is 14.4 Å². The van der Waals surface area contributed by atoms with E-state index in [0.29, 0.717) is 31.9 Å². The Morgan fingerprint density at radius 2 is 1.50 bits per heavy atom. The van der Waals surface area contributed by atoms with Gasteiger partial charge in [-0.1, -0.05) is 36.4 Å². The number of hydrogen-bond acceptors (Lipinski definition) is 6. The van der Waals surface area contributed by atoms with Crippen LogP contribution in [0.4, 0.5) is 5.69 Å². The van der Waals surface area contributed by atoms with E-state index >= 15 is 0 Å². The summed E-state index contributed by atoms with van der Waals surface area (Å²) in [6.45, 7) is 5.38. The minimum atomic E-state index is -0.925. The number of anilines is 1. The van der Waals surface area contributed by atoms with E-state index in [-0.39, 0.29) is 12.5 Å². The molecule has 2 aromatic carbocycles. The number of piperazine rings is 1. The molecule has 0 aromatic heterocycles. The Morgan fingerprint density at radius 1 is 0.906 bits per heavy atom. The van der Waals surface area contributed by atoms with Gasteiger partial charge < -0.3 is 24.6 Å². The van der Waals surface area contributed by atoms with Gasteiger partial charge in [0.2, 0.25) is 0 Å². The number of carbonyl (C=O) groups excluding carboxylic acids is 3. The number of nitrogens with one attached hydrogen (secondary N) is 1. The van der Waals surface area contributed by atoms with Gasteiger partial charge in [0.25, 0.3) is 11.8 Å². The molecule has 2 atom stereocenters. The molecule has 8 nitrogen and oxygen atoms in total. The Balaban J connectivity index is 1.40. The molecule has 3 rings (SSSR count). The number of benzene rings is 2. The Labute approximate surface area is 188 Å². The van der Waals surface area contributed by atoms with Gasteiger partial charge in [-0.3, -0.25) is 9.59 Å². The van der Waals surface area contributed by atoms with E-state index in [4.69, 9.17) is 9.47 Å². The van der Waals surface area contributed by atoms with Gasteiger partial charge >= 0.3 is 5.97 Å². The third-order valence-corrected chi connectivity index (χ3v) is 5.20. The number of nitrogens with zero attached hydrogens (tertiary/aromatic N) is 2. The summed E-state index contributed by atoms with van der Waals surface area (Å²) < 4.78 is 10.7. The van der Waals surface area contributed by atoms with E-state index in [0.717, 1.165) is 5.69 Å². The summed E-state index contributed by atoms with van der Waals surface area (Å²) in [4.78, 5) is 41.0. The Bertz CT molecular complexity index is 898. The minimum absolute atomic E-state index is 0.220. The second-order valence-electron chi connectivity index (χ2n) is 7.62. The fourth-order valence-corrected chi connectivity index (χ4v) is 3.42. The van der Waals surface area contributed by atoms with Crippen molar-refractivity contribution in [3.63, 3.8) is 0 Å². The number of esters is 1. The quantitative estimate of drug-likeness (QED) is 0.632. The molecule has 2 amide bonds. The third kappa shape index (κ3) is 6.47. The van der Waals surface area contributed by atoms with Crippen LogP contribution < -0.4 is 15.0 Å². The smallest absolute Gasteiger partial charge is 0.329 e. The summed E-state index contributed by atoms with van der Waals surface area (Å²) in [5, 5.41) is 2.53. The van der Waals surface area contributed by atoms with Crippen LogP contribution in [-0.2, 0) is 19.1 Å².